The van der Waals surface area contributed by atoms with Crippen molar-refractivity contribution in [2.24, 2.45) is 0 Å². The van der Waals surface area contributed by atoms with Crippen molar-refractivity contribution in [3.05, 3.63) is 47.0 Å². The molecule has 0 saturated carbocycles. The summed E-state index contributed by atoms with van der Waals surface area (Å²) in [5, 5.41) is 3.08. The molecule has 140 valence electrons. The lowest BCUT2D eigenvalue weighted by atomic mass is 10.0. The normalized spacial score (nSPS) is 10.3. The summed E-state index contributed by atoms with van der Waals surface area (Å²) in [6.07, 6.45) is 1.96. The van der Waals surface area contributed by atoms with E-state index in [9.17, 15) is 4.79 Å². The first-order valence-electron chi connectivity index (χ1n) is 8.77. The Morgan fingerprint density at radius 2 is 1.46 bits per heavy atom. The van der Waals surface area contributed by atoms with Crippen LogP contribution in [0.15, 0.2) is 30.3 Å². The highest BCUT2D eigenvalue weighted by Crippen LogP contribution is 2.38. The Kier molecular flexibility index (Phi) is 6.89. The number of hydrogen-bond donors (Lipinski definition) is 1. The van der Waals surface area contributed by atoms with Gasteiger partial charge in [-0.2, -0.15) is 0 Å². The van der Waals surface area contributed by atoms with Crippen LogP contribution in [-0.2, 0) is 24.1 Å². The van der Waals surface area contributed by atoms with E-state index in [1.807, 2.05) is 18.2 Å². The molecule has 0 aliphatic carbocycles. The molecule has 0 aliphatic rings. The molecule has 0 unspecified atom stereocenters. The molecule has 2 aromatic rings. The van der Waals surface area contributed by atoms with Gasteiger partial charge in [0.1, 0.15) is 0 Å². The smallest absolute Gasteiger partial charge is 0.228 e. The third kappa shape index (κ3) is 4.28. The molecule has 1 amide bonds. The first kappa shape index (κ1) is 19.6. The molecule has 0 bridgehead atoms. The summed E-state index contributed by atoms with van der Waals surface area (Å²) in [6.45, 7) is 4.17. The van der Waals surface area contributed by atoms with Crippen molar-refractivity contribution < 1.29 is 19.0 Å². The molecule has 5 nitrogen and oxygen atoms in total. The first-order valence-corrected chi connectivity index (χ1v) is 8.77. The molecule has 26 heavy (non-hydrogen) atoms. The Morgan fingerprint density at radius 1 is 0.923 bits per heavy atom. The molecule has 0 aliphatic heterocycles. The number of nitrogens with one attached hydrogen (secondary N) is 1. The van der Waals surface area contributed by atoms with Crippen LogP contribution < -0.4 is 19.5 Å². The van der Waals surface area contributed by atoms with Gasteiger partial charge < -0.3 is 19.5 Å². The number of anilines is 1. The van der Waals surface area contributed by atoms with Gasteiger partial charge in [-0.15, -0.1) is 0 Å². The van der Waals surface area contributed by atoms with E-state index < -0.39 is 0 Å². The third-order valence-corrected chi connectivity index (χ3v) is 4.35. The topological polar surface area (TPSA) is 56.8 Å². The van der Waals surface area contributed by atoms with Crippen molar-refractivity contribution in [2.45, 2.75) is 33.1 Å². The van der Waals surface area contributed by atoms with E-state index in [0.717, 1.165) is 35.2 Å². The molecule has 0 heterocycles. The summed E-state index contributed by atoms with van der Waals surface area (Å²) >= 11 is 0. The van der Waals surface area contributed by atoms with Gasteiger partial charge in [-0.3, -0.25) is 4.79 Å². The molecule has 0 spiro atoms. The number of hydrogen-bond acceptors (Lipinski definition) is 4. The summed E-state index contributed by atoms with van der Waals surface area (Å²) in [6, 6.07) is 9.73. The molecule has 1 N–H and O–H groups in total. The monoisotopic (exact) mass is 357 g/mol. The average Bonchev–Trinajstić information content (AvgIpc) is 2.67. The number of aryl methyl sites for hydroxylation is 2. The minimum atomic E-state index is -0.0742. The Labute approximate surface area is 155 Å². The zero-order chi connectivity index (χ0) is 19.1. The van der Waals surface area contributed by atoms with Crippen molar-refractivity contribution in [3.63, 3.8) is 0 Å². The van der Waals surface area contributed by atoms with Crippen molar-refractivity contribution >= 4 is 11.6 Å². The standard InChI is InChI=1S/C21H27NO4/c1-6-15-9-8-10-16(7-2)20(15)22-19(23)13-14-11-17(24-3)21(26-5)18(12-14)25-4/h8-12H,6-7,13H2,1-5H3,(H,22,23). The highest BCUT2D eigenvalue weighted by atomic mass is 16.5. The predicted molar refractivity (Wildman–Crippen MR) is 104 cm³/mol. The number of benzene rings is 2. The lowest BCUT2D eigenvalue weighted by Crippen LogP contribution is -2.17. The Balaban J connectivity index is 2.26. The van der Waals surface area contributed by atoms with E-state index in [0.29, 0.717) is 17.2 Å². The van der Waals surface area contributed by atoms with Crippen LogP contribution in [0.25, 0.3) is 0 Å². The fourth-order valence-corrected chi connectivity index (χ4v) is 3.01. The van der Waals surface area contributed by atoms with Gasteiger partial charge in [0.25, 0.3) is 0 Å². The van der Waals surface area contributed by atoms with Crippen LogP contribution in [0.4, 0.5) is 5.69 Å². The second kappa shape index (κ2) is 9.13. The molecular formula is C21H27NO4. The number of rotatable bonds is 8. The van der Waals surface area contributed by atoms with E-state index in [1.165, 1.54) is 0 Å². The minimum absolute atomic E-state index is 0.0742. The van der Waals surface area contributed by atoms with Crippen LogP contribution in [-0.4, -0.2) is 27.2 Å². The quantitative estimate of drug-likeness (QED) is 0.775. The van der Waals surface area contributed by atoms with Gasteiger partial charge in [-0.25, -0.2) is 0 Å². The lowest BCUT2D eigenvalue weighted by molar-refractivity contribution is -0.115. The molecule has 5 heteroatoms. The Morgan fingerprint density at radius 3 is 1.88 bits per heavy atom. The summed E-state index contributed by atoms with van der Waals surface area (Å²) < 4.78 is 16.0. The van der Waals surface area contributed by atoms with Crippen LogP contribution >= 0.6 is 0 Å². The van der Waals surface area contributed by atoms with E-state index in [-0.39, 0.29) is 12.3 Å². The highest BCUT2D eigenvalue weighted by molar-refractivity contribution is 5.94. The maximum atomic E-state index is 12.6. The Hall–Kier alpha value is -2.69. The average molecular weight is 357 g/mol. The number of carbonyl (C=O) groups excluding carboxylic acids is 1. The molecule has 0 saturated heterocycles. The molecule has 0 fully saturated rings. The van der Waals surface area contributed by atoms with E-state index >= 15 is 0 Å². The maximum absolute atomic E-state index is 12.6. The van der Waals surface area contributed by atoms with Crippen molar-refractivity contribution in [3.8, 4) is 17.2 Å². The number of carbonyl (C=O) groups is 1. The van der Waals surface area contributed by atoms with E-state index in [4.69, 9.17) is 14.2 Å². The largest absolute Gasteiger partial charge is 0.493 e. The van der Waals surface area contributed by atoms with Crippen molar-refractivity contribution in [2.75, 3.05) is 26.6 Å². The fraction of sp³-hybridized carbons (Fsp3) is 0.381. The summed E-state index contributed by atoms with van der Waals surface area (Å²) in [7, 11) is 4.68. The van der Waals surface area contributed by atoms with Crippen LogP contribution in [0.1, 0.15) is 30.5 Å². The van der Waals surface area contributed by atoms with Crippen LogP contribution in [0.3, 0.4) is 0 Å². The SMILES string of the molecule is CCc1cccc(CC)c1NC(=O)Cc1cc(OC)c(OC)c(OC)c1. The molecule has 0 radical (unpaired) electrons. The van der Waals surface area contributed by atoms with Crippen LogP contribution in [0.2, 0.25) is 0 Å². The van der Waals surface area contributed by atoms with Gasteiger partial charge in [0.05, 0.1) is 27.8 Å². The molecule has 0 aromatic heterocycles. The van der Waals surface area contributed by atoms with Gasteiger partial charge in [0.15, 0.2) is 11.5 Å². The second-order valence-corrected chi connectivity index (χ2v) is 5.92. The lowest BCUT2D eigenvalue weighted by Gasteiger charge is -2.16. The van der Waals surface area contributed by atoms with Crippen LogP contribution in [0.5, 0.6) is 17.2 Å². The molecule has 2 rings (SSSR count). The highest BCUT2D eigenvalue weighted by Gasteiger charge is 2.16. The van der Waals surface area contributed by atoms with Gasteiger partial charge in [-0.1, -0.05) is 32.0 Å². The van der Waals surface area contributed by atoms with E-state index in [2.05, 4.69) is 19.2 Å². The van der Waals surface area contributed by atoms with Gasteiger partial charge in [0, 0.05) is 5.69 Å². The fourth-order valence-electron chi connectivity index (χ4n) is 3.01. The third-order valence-electron chi connectivity index (χ3n) is 4.35. The number of para-hydroxylation sites is 1. The number of amides is 1. The predicted octanol–water partition coefficient (Wildman–Crippen LogP) is 4.02. The first-order chi connectivity index (χ1) is 12.6. The molecule has 0 atom stereocenters. The van der Waals surface area contributed by atoms with Crippen molar-refractivity contribution in [1.82, 2.24) is 0 Å². The van der Waals surface area contributed by atoms with Gasteiger partial charge in [0.2, 0.25) is 11.7 Å². The number of ether oxygens (including phenoxy) is 3. The van der Waals surface area contributed by atoms with Crippen molar-refractivity contribution in [1.29, 1.82) is 0 Å². The number of methoxy groups -OCH3 is 3. The van der Waals surface area contributed by atoms with Crippen LogP contribution in [0, 0.1) is 0 Å². The molecular weight excluding hydrogens is 330 g/mol. The van der Waals surface area contributed by atoms with Gasteiger partial charge in [-0.05, 0) is 41.7 Å². The zero-order valence-corrected chi connectivity index (χ0v) is 16.1. The summed E-state index contributed by atoms with van der Waals surface area (Å²) in [4.78, 5) is 12.6. The minimum Gasteiger partial charge on any atom is -0.493 e. The van der Waals surface area contributed by atoms with Gasteiger partial charge >= 0.3 is 0 Å². The molecule has 2 aromatic carbocycles. The Bertz CT molecular complexity index is 723. The second-order valence-electron chi connectivity index (χ2n) is 5.92. The zero-order valence-electron chi connectivity index (χ0n) is 16.1. The maximum Gasteiger partial charge on any atom is 0.228 e. The van der Waals surface area contributed by atoms with E-state index in [1.54, 1.807) is 33.5 Å². The summed E-state index contributed by atoms with van der Waals surface area (Å²) in [5.41, 5.74) is 4.00. The summed E-state index contributed by atoms with van der Waals surface area (Å²) in [5.74, 6) is 1.52.